The zero-order valence-electron chi connectivity index (χ0n) is 22.9. The van der Waals surface area contributed by atoms with Crippen molar-refractivity contribution in [3.8, 4) is 5.82 Å². The summed E-state index contributed by atoms with van der Waals surface area (Å²) in [7, 11) is -3.16. The Morgan fingerprint density at radius 3 is 2.60 bits per heavy atom. The number of carbonyl (C=O) groups excluding carboxylic acids is 1. The van der Waals surface area contributed by atoms with Gasteiger partial charge in [0.05, 0.1) is 18.3 Å². The number of hydrogen-bond acceptors (Lipinski definition) is 7. The number of benzene rings is 1. The lowest BCUT2D eigenvalue weighted by Crippen LogP contribution is -2.50. The fourth-order valence-electron chi connectivity index (χ4n) is 8.03. The lowest BCUT2D eigenvalue weighted by molar-refractivity contribution is -0.129. The van der Waals surface area contributed by atoms with Gasteiger partial charge in [-0.3, -0.25) is 4.79 Å². The zero-order valence-corrected chi connectivity index (χ0v) is 23.7. The van der Waals surface area contributed by atoms with Crippen molar-refractivity contribution in [2.24, 2.45) is 22.5 Å². The fraction of sp³-hybridized carbons (Fsp3) is 0.552. The van der Waals surface area contributed by atoms with Gasteiger partial charge in [0.1, 0.15) is 11.6 Å². The quantitative estimate of drug-likeness (QED) is 0.451. The van der Waals surface area contributed by atoms with E-state index in [0.717, 1.165) is 68.3 Å². The number of carbonyl (C=O) groups is 1. The predicted octanol–water partition coefficient (Wildman–Crippen LogP) is 2.07. The summed E-state index contributed by atoms with van der Waals surface area (Å²) in [5.41, 5.74) is 8.49. The van der Waals surface area contributed by atoms with Crippen molar-refractivity contribution in [3.05, 3.63) is 48.5 Å². The molecule has 2 atom stereocenters. The molecule has 7 rings (SSSR count). The molecule has 0 bridgehead atoms. The third-order valence-corrected chi connectivity index (χ3v) is 10.9. The number of amides is 1. The predicted molar refractivity (Wildman–Crippen MR) is 154 cm³/mol. The third kappa shape index (κ3) is 4.21. The molecule has 1 aliphatic heterocycles. The standard InChI is InChI=1S/C29H37N7O3S/c1-40(38,39)33-20-5-9-28(10-6-20)24-17-29(24,28)18-25-31-11-7-26(32-25)36-12-8-21-22(3-2-4-23(21)36)34-13-15-35(16-14-34)27(37)19-30/h2-4,7-8,11-12,20,24,33H,5-6,9-10,13-19,30H2,1H3. The van der Waals surface area contributed by atoms with Crippen LogP contribution in [-0.2, 0) is 21.2 Å². The molecule has 3 aromatic rings. The molecular formula is C29H37N7O3S. The van der Waals surface area contributed by atoms with Gasteiger partial charge in [-0.25, -0.2) is 23.1 Å². The molecular weight excluding hydrogens is 526 g/mol. The van der Waals surface area contributed by atoms with Crippen LogP contribution in [0.2, 0.25) is 0 Å². The number of sulfonamides is 1. The number of aromatic nitrogens is 3. The van der Waals surface area contributed by atoms with Gasteiger partial charge in [-0.05, 0) is 73.1 Å². The zero-order chi connectivity index (χ0) is 27.7. The molecule has 212 valence electrons. The summed E-state index contributed by atoms with van der Waals surface area (Å²) in [5.74, 6) is 2.52. The van der Waals surface area contributed by atoms with E-state index >= 15 is 0 Å². The van der Waals surface area contributed by atoms with Crippen molar-refractivity contribution < 1.29 is 13.2 Å². The molecule has 2 aromatic heterocycles. The number of rotatable bonds is 7. The van der Waals surface area contributed by atoms with Gasteiger partial charge in [0.15, 0.2) is 0 Å². The van der Waals surface area contributed by atoms with Gasteiger partial charge >= 0.3 is 0 Å². The second kappa shape index (κ2) is 9.25. The van der Waals surface area contributed by atoms with E-state index < -0.39 is 10.0 Å². The number of nitrogens with two attached hydrogens (primary N) is 1. The van der Waals surface area contributed by atoms with Gasteiger partial charge in [-0.2, -0.15) is 0 Å². The van der Waals surface area contributed by atoms with Crippen LogP contribution in [0.1, 0.15) is 37.9 Å². The number of piperazine rings is 1. The summed E-state index contributed by atoms with van der Waals surface area (Å²) in [6, 6.07) is 10.6. The minimum absolute atomic E-state index is 0.00869. The summed E-state index contributed by atoms with van der Waals surface area (Å²) in [6.45, 7) is 2.99. The van der Waals surface area contributed by atoms with Crippen molar-refractivity contribution >= 4 is 32.5 Å². The van der Waals surface area contributed by atoms with E-state index in [-0.39, 0.29) is 18.5 Å². The Morgan fingerprint density at radius 2 is 1.90 bits per heavy atom. The molecule has 40 heavy (non-hydrogen) atoms. The van der Waals surface area contributed by atoms with Gasteiger partial charge in [-0.1, -0.05) is 6.07 Å². The highest BCUT2D eigenvalue weighted by Crippen LogP contribution is 2.92. The molecule has 1 spiro atoms. The second-order valence-corrected chi connectivity index (χ2v) is 14.0. The smallest absolute Gasteiger partial charge is 0.236 e. The van der Waals surface area contributed by atoms with Crippen LogP contribution in [0.4, 0.5) is 5.69 Å². The Morgan fingerprint density at radius 1 is 1.12 bits per heavy atom. The summed E-state index contributed by atoms with van der Waals surface area (Å²) in [6.07, 6.45) is 11.4. The van der Waals surface area contributed by atoms with Crippen molar-refractivity contribution in [2.75, 3.05) is 43.9 Å². The maximum atomic E-state index is 12.0. The van der Waals surface area contributed by atoms with Gasteiger partial charge in [-0.15, -0.1) is 0 Å². The van der Waals surface area contributed by atoms with Crippen LogP contribution in [0.5, 0.6) is 0 Å². The molecule has 3 aliphatic carbocycles. The van der Waals surface area contributed by atoms with Crippen molar-refractivity contribution in [1.82, 2.24) is 24.2 Å². The summed E-state index contributed by atoms with van der Waals surface area (Å²) in [5, 5.41) is 1.17. The summed E-state index contributed by atoms with van der Waals surface area (Å²) in [4.78, 5) is 25.9. The molecule has 1 saturated heterocycles. The molecule has 3 heterocycles. The monoisotopic (exact) mass is 563 g/mol. The van der Waals surface area contributed by atoms with Crippen molar-refractivity contribution in [1.29, 1.82) is 0 Å². The number of anilines is 1. The van der Waals surface area contributed by atoms with Gasteiger partial charge in [0.2, 0.25) is 15.9 Å². The average Bonchev–Trinajstić information content (AvgIpc) is 3.72. The first-order chi connectivity index (χ1) is 19.2. The van der Waals surface area contributed by atoms with Gasteiger partial charge in [0, 0.05) is 62.1 Å². The van der Waals surface area contributed by atoms with Gasteiger partial charge in [0.25, 0.3) is 0 Å². The Balaban J connectivity index is 1.07. The van der Waals surface area contributed by atoms with Crippen LogP contribution in [0.25, 0.3) is 16.7 Å². The SMILES string of the molecule is CS(=O)(=O)NC1CCC2(CC1)C1CC12Cc1nccc(-n2ccc3c(N4CCN(C(=O)CN)CC4)cccc32)n1. The molecule has 4 aliphatic rings. The van der Waals surface area contributed by atoms with Crippen LogP contribution in [-0.4, -0.2) is 78.8 Å². The summed E-state index contributed by atoms with van der Waals surface area (Å²) >= 11 is 0. The van der Waals surface area contributed by atoms with Crippen LogP contribution < -0.4 is 15.4 Å². The second-order valence-electron chi connectivity index (χ2n) is 12.2. The number of nitrogens with zero attached hydrogens (tertiary/aromatic N) is 5. The highest BCUT2D eigenvalue weighted by molar-refractivity contribution is 7.88. The lowest BCUT2D eigenvalue weighted by Gasteiger charge is -2.36. The maximum absolute atomic E-state index is 12.0. The van der Waals surface area contributed by atoms with Gasteiger partial charge < -0.3 is 20.1 Å². The average molecular weight is 564 g/mol. The molecule has 10 nitrogen and oxygen atoms in total. The molecule has 1 aromatic carbocycles. The minimum Gasteiger partial charge on any atom is -0.367 e. The van der Waals surface area contributed by atoms with Crippen molar-refractivity contribution in [3.63, 3.8) is 0 Å². The maximum Gasteiger partial charge on any atom is 0.236 e. The lowest BCUT2D eigenvalue weighted by atomic mass is 9.73. The van der Waals surface area contributed by atoms with E-state index in [0.29, 0.717) is 23.9 Å². The van der Waals surface area contributed by atoms with E-state index in [4.69, 9.17) is 10.7 Å². The molecule has 3 saturated carbocycles. The first-order valence-corrected chi connectivity index (χ1v) is 16.2. The van der Waals surface area contributed by atoms with Crippen molar-refractivity contribution in [2.45, 2.75) is 44.6 Å². The Bertz CT molecular complexity index is 1570. The van der Waals surface area contributed by atoms with E-state index in [2.05, 4.69) is 49.6 Å². The van der Waals surface area contributed by atoms with E-state index in [9.17, 15) is 13.2 Å². The molecule has 0 radical (unpaired) electrons. The van der Waals surface area contributed by atoms with E-state index in [1.54, 1.807) is 0 Å². The van der Waals surface area contributed by atoms with Crippen LogP contribution in [0.15, 0.2) is 42.7 Å². The van der Waals surface area contributed by atoms with Crippen LogP contribution in [0.3, 0.4) is 0 Å². The first kappa shape index (κ1) is 25.9. The first-order valence-electron chi connectivity index (χ1n) is 14.4. The normalized spacial score (nSPS) is 29.6. The highest BCUT2D eigenvalue weighted by atomic mass is 32.2. The number of fused-ring (bicyclic) bond motifs is 4. The summed E-state index contributed by atoms with van der Waals surface area (Å²) < 4.78 is 28.3. The van der Waals surface area contributed by atoms with E-state index in [1.165, 1.54) is 23.8 Å². The Hall–Kier alpha value is -3.02. The minimum atomic E-state index is -3.16. The Kier molecular flexibility index (Phi) is 5.99. The largest absolute Gasteiger partial charge is 0.367 e. The molecule has 3 N–H and O–H groups in total. The topological polar surface area (TPSA) is 126 Å². The van der Waals surface area contributed by atoms with Crippen LogP contribution >= 0.6 is 0 Å². The Labute approximate surface area is 235 Å². The molecule has 2 unspecified atom stereocenters. The third-order valence-electron chi connectivity index (χ3n) is 10.2. The molecule has 4 fully saturated rings. The number of hydrogen-bond donors (Lipinski definition) is 2. The number of nitrogens with one attached hydrogen (secondary N) is 1. The molecule has 1 amide bonds. The van der Waals surface area contributed by atoms with Crippen LogP contribution in [0, 0.1) is 16.7 Å². The highest BCUT2D eigenvalue weighted by Gasteiger charge is 2.87. The fourth-order valence-corrected chi connectivity index (χ4v) is 8.87. The van der Waals surface area contributed by atoms with E-state index in [1.807, 2.05) is 17.2 Å². The molecule has 11 heteroatoms.